The van der Waals surface area contributed by atoms with E-state index in [0.29, 0.717) is 0 Å². The van der Waals surface area contributed by atoms with E-state index >= 15 is 0 Å². The molecule has 0 spiro atoms. The van der Waals surface area contributed by atoms with Gasteiger partial charge >= 0.3 is 0 Å². The largest absolute Gasteiger partial charge is 0.343 e. The molecule has 3 rings (SSSR count). The molecule has 0 radical (unpaired) electrons. The highest BCUT2D eigenvalue weighted by atomic mass is 15.0. The fraction of sp³-hybridized carbons (Fsp3) is 0.263. The number of hydrogen-bond acceptors (Lipinski definition) is 1. The highest BCUT2D eigenvalue weighted by molar-refractivity contribution is 5.84. The van der Waals surface area contributed by atoms with Gasteiger partial charge in [-0.25, -0.2) is 0 Å². The van der Waals surface area contributed by atoms with Crippen LogP contribution in [0.15, 0.2) is 54.7 Å². The van der Waals surface area contributed by atoms with Crippen LogP contribution in [0.25, 0.3) is 10.9 Å². The maximum absolute atomic E-state index is 3.43. The Morgan fingerprint density at radius 3 is 2.52 bits per heavy atom. The summed E-state index contributed by atoms with van der Waals surface area (Å²) in [6.45, 7) is 7.12. The van der Waals surface area contributed by atoms with E-state index in [9.17, 15) is 0 Å². The lowest BCUT2D eigenvalue weighted by molar-refractivity contribution is 0.724. The lowest BCUT2D eigenvalue weighted by Gasteiger charge is -2.06. The third kappa shape index (κ3) is 3.01. The molecule has 0 saturated carbocycles. The summed E-state index contributed by atoms with van der Waals surface area (Å²) in [5.74, 6) is 0. The SMILES string of the molecule is CCNCc1cn(Cc2ccc(C)cc2)c2ccccc12. The molecule has 0 aliphatic heterocycles. The molecule has 0 fully saturated rings. The highest BCUT2D eigenvalue weighted by Crippen LogP contribution is 2.22. The Balaban J connectivity index is 1.96. The van der Waals surface area contributed by atoms with Crippen LogP contribution >= 0.6 is 0 Å². The van der Waals surface area contributed by atoms with E-state index in [0.717, 1.165) is 19.6 Å². The van der Waals surface area contributed by atoms with Crippen molar-refractivity contribution in [2.75, 3.05) is 6.54 Å². The van der Waals surface area contributed by atoms with E-state index in [1.807, 2.05) is 0 Å². The summed E-state index contributed by atoms with van der Waals surface area (Å²) in [5.41, 5.74) is 5.34. The summed E-state index contributed by atoms with van der Waals surface area (Å²) in [7, 11) is 0. The average molecular weight is 278 g/mol. The van der Waals surface area contributed by atoms with E-state index in [2.05, 4.69) is 78.5 Å². The molecule has 0 amide bonds. The number of nitrogens with zero attached hydrogens (tertiary/aromatic N) is 1. The highest BCUT2D eigenvalue weighted by Gasteiger charge is 2.07. The fourth-order valence-corrected chi connectivity index (χ4v) is 2.74. The molecular weight excluding hydrogens is 256 g/mol. The van der Waals surface area contributed by atoms with Crippen molar-refractivity contribution in [3.8, 4) is 0 Å². The summed E-state index contributed by atoms with van der Waals surface area (Å²) >= 11 is 0. The van der Waals surface area contributed by atoms with Gasteiger partial charge in [0.1, 0.15) is 0 Å². The Kier molecular flexibility index (Phi) is 4.07. The number of aromatic nitrogens is 1. The minimum Gasteiger partial charge on any atom is -0.343 e. The third-order valence-electron chi connectivity index (χ3n) is 3.91. The number of benzene rings is 2. The molecule has 0 unspecified atom stereocenters. The topological polar surface area (TPSA) is 17.0 Å². The molecule has 2 heteroatoms. The van der Waals surface area contributed by atoms with E-state index in [-0.39, 0.29) is 0 Å². The van der Waals surface area contributed by atoms with Crippen LogP contribution in [0.2, 0.25) is 0 Å². The van der Waals surface area contributed by atoms with Crippen LogP contribution in [-0.4, -0.2) is 11.1 Å². The van der Waals surface area contributed by atoms with Gasteiger partial charge in [0, 0.05) is 30.2 Å². The van der Waals surface area contributed by atoms with Crippen molar-refractivity contribution in [2.24, 2.45) is 0 Å². The van der Waals surface area contributed by atoms with Gasteiger partial charge in [0.25, 0.3) is 0 Å². The molecule has 3 aromatic rings. The quantitative estimate of drug-likeness (QED) is 0.743. The van der Waals surface area contributed by atoms with Crippen LogP contribution in [0.1, 0.15) is 23.6 Å². The normalized spacial score (nSPS) is 11.1. The van der Waals surface area contributed by atoms with Crippen LogP contribution in [0.4, 0.5) is 0 Å². The van der Waals surface area contributed by atoms with Gasteiger partial charge in [-0.1, -0.05) is 55.0 Å². The van der Waals surface area contributed by atoms with Gasteiger partial charge in [-0.15, -0.1) is 0 Å². The van der Waals surface area contributed by atoms with Gasteiger partial charge in [-0.3, -0.25) is 0 Å². The zero-order valence-electron chi connectivity index (χ0n) is 12.8. The fourth-order valence-electron chi connectivity index (χ4n) is 2.74. The molecule has 0 aliphatic carbocycles. The molecule has 2 nitrogen and oxygen atoms in total. The van der Waals surface area contributed by atoms with Crippen LogP contribution in [0.5, 0.6) is 0 Å². The zero-order chi connectivity index (χ0) is 14.7. The first-order valence-electron chi connectivity index (χ1n) is 7.61. The van der Waals surface area contributed by atoms with E-state index < -0.39 is 0 Å². The van der Waals surface area contributed by atoms with Crippen molar-refractivity contribution in [3.05, 3.63) is 71.4 Å². The van der Waals surface area contributed by atoms with E-state index in [1.54, 1.807) is 0 Å². The third-order valence-corrected chi connectivity index (χ3v) is 3.91. The summed E-state index contributed by atoms with van der Waals surface area (Å²) in [5, 5.41) is 4.78. The van der Waals surface area contributed by atoms with Gasteiger partial charge in [0.2, 0.25) is 0 Å². The molecule has 0 bridgehead atoms. The summed E-state index contributed by atoms with van der Waals surface area (Å²) in [4.78, 5) is 0. The molecule has 108 valence electrons. The van der Waals surface area contributed by atoms with Gasteiger partial charge in [0.15, 0.2) is 0 Å². The molecule has 21 heavy (non-hydrogen) atoms. The van der Waals surface area contributed by atoms with Gasteiger partial charge in [-0.2, -0.15) is 0 Å². The Bertz CT molecular complexity index is 723. The number of nitrogens with one attached hydrogen (secondary N) is 1. The molecular formula is C19H22N2. The maximum Gasteiger partial charge on any atom is 0.0486 e. The average Bonchev–Trinajstić information content (AvgIpc) is 2.86. The van der Waals surface area contributed by atoms with Crippen molar-refractivity contribution >= 4 is 10.9 Å². The second-order valence-electron chi connectivity index (χ2n) is 5.57. The van der Waals surface area contributed by atoms with Gasteiger partial charge in [-0.05, 0) is 30.7 Å². The first-order chi connectivity index (χ1) is 10.3. The second kappa shape index (κ2) is 6.15. The standard InChI is InChI=1S/C19H22N2/c1-3-20-12-17-14-21(19-7-5-4-6-18(17)19)13-16-10-8-15(2)9-11-16/h4-11,14,20H,3,12-13H2,1-2H3. The van der Waals surface area contributed by atoms with Crippen molar-refractivity contribution in [3.63, 3.8) is 0 Å². The van der Waals surface area contributed by atoms with Crippen LogP contribution in [-0.2, 0) is 13.1 Å². The van der Waals surface area contributed by atoms with Crippen molar-refractivity contribution < 1.29 is 0 Å². The van der Waals surface area contributed by atoms with Crippen LogP contribution < -0.4 is 5.32 Å². The molecule has 0 atom stereocenters. The minimum atomic E-state index is 0.924. The van der Waals surface area contributed by atoms with Gasteiger partial charge < -0.3 is 9.88 Å². The predicted molar refractivity (Wildman–Crippen MR) is 89.6 cm³/mol. The lowest BCUT2D eigenvalue weighted by Crippen LogP contribution is -2.11. The Morgan fingerprint density at radius 1 is 1.00 bits per heavy atom. The van der Waals surface area contributed by atoms with Crippen LogP contribution in [0, 0.1) is 6.92 Å². The summed E-state index contributed by atoms with van der Waals surface area (Å²) < 4.78 is 2.35. The number of hydrogen-bond donors (Lipinski definition) is 1. The second-order valence-corrected chi connectivity index (χ2v) is 5.57. The monoisotopic (exact) mass is 278 g/mol. The first-order valence-corrected chi connectivity index (χ1v) is 7.61. The van der Waals surface area contributed by atoms with Crippen molar-refractivity contribution in [2.45, 2.75) is 26.9 Å². The minimum absolute atomic E-state index is 0.924. The van der Waals surface area contributed by atoms with Crippen molar-refractivity contribution in [1.82, 2.24) is 9.88 Å². The molecule has 1 heterocycles. The van der Waals surface area contributed by atoms with Crippen LogP contribution in [0.3, 0.4) is 0 Å². The number of para-hydroxylation sites is 1. The Morgan fingerprint density at radius 2 is 1.76 bits per heavy atom. The van der Waals surface area contributed by atoms with Gasteiger partial charge in [0.05, 0.1) is 0 Å². The van der Waals surface area contributed by atoms with Crippen molar-refractivity contribution in [1.29, 1.82) is 0 Å². The number of rotatable bonds is 5. The smallest absolute Gasteiger partial charge is 0.0486 e. The molecule has 1 aromatic heterocycles. The summed E-state index contributed by atoms with van der Waals surface area (Å²) in [6, 6.07) is 17.5. The number of fused-ring (bicyclic) bond motifs is 1. The molecule has 0 aliphatic rings. The molecule has 1 N–H and O–H groups in total. The lowest BCUT2D eigenvalue weighted by atomic mass is 10.1. The molecule has 2 aromatic carbocycles. The Hall–Kier alpha value is -2.06. The zero-order valence-corrected chi connectivity index (χ0v) is 12.8. The number of aryl methyl sites for hydroxylation is 1. The predicted octanol–water partition coefficient (Wildman–Crippen LogP) is 4.11. The maximum atomic E-state index is 3.43. The first kappa shape index (κ1) is 13.9. The molecule has 0 saturated heterocycles. The summed E-state index contributed by atoms with van der Waals surface area (Å²) in [6.07, 6.45) is 2.28. The van der Waals surface area contributed by atoms with E-state index in [4.69, 9.17) is 0 Å². The Labute approximate surface area is 126 Å². The van der Waals surface area contributed by atoms with E-state index in [1.165, 1.54) is 27.6 Å².